The number of aromatic hydroxyl groups is 1. The first-order valence-electron chi connectivity index (χ1n) is 11.3. The fraction of sp³-hybridized carbons (Fsp3) is 0.185. The molecular formula is C27H27IN2O6S. The highest BCUT2D eigenvalue weighted by atomic mass is 127. The fourth-order valence-electron chi connectivity index (χ4n) is 3.46. The molecule has 10 heteroatoms. The maximum Gasteiger partial charge on any atom is 0.412 e. The van der Waals surface area contributed by atoms with Gasteiger partial charge in [0.2, 0.25) is 0 Å². The minimum atomic E-state index is -0.986. The Labute approximate surface area is 233 Å². The predicted molar refractivity (Wildman–Crippen MR) is 151 cm³/mol. The van der Waals surface area contributed by atoms with E-state index in [9.17, 15) is 14.7 Å². The Morgan fingerprint density at radius 2 is 1.81 bits per heavy atom. The van der Waals surface area contributed by atoms with E-state index >= 15 is 0 Å². The van der Waals surface area contributed by atoms with Gasteiger partial charge in [0.15, 0.2) is 6.10 Å². The molecule has 0 radical (unpaired) electrons. The van der Waals surface area contributed by atoms with Gasteiger partial charge in [0.25, 0.3) is 5.91 Å². The third-order valence-corrected chi connectivity index (χ3v) is 6.65. The minimum Gasteiger partial charge on any atom is -0.508 e. The number of allylic oxidation sites excluding steroid dienone is 1. The van der Waals surface area contributed by atoms with Gasteiger partial charge in [-0.25, -0.2) is 10.3 Å². The molecule has 2 amide bonds. The molecule has 0 fully saturated rings. The van der Waals surface area contributed by atoms with Crippen molar-refractivity contribution in [3.8, 4) is 11.5 Å². The number of hydrogen-bond donors (Lipinski definition) is 4. The number of halogens is 1. The van der Waals surface area contributed by atoms with Crippen molar-refractivity contribution in [2.24, 2.45) is 0 Å². The lowest BCUT2D eigenvalue weighted by Crippen LogP contribution is -2.31. The summed E-state index contributed by atoms with van der Waals surface area (Å²) in [5, 5.41) is 22.1. The average molecular weight is 634 g/mol. The van der Waals surface area contributed by atoms with Gasteiger partial charge in [-0.05, 0) is 96.3 Å². The summed E-state index contributed by atoms with van der Waals surface area (Å²) in [5.74, 6) is -0.147. The lowest BCUT2D eigenvalue weighted by molar-refractivity contribution is -0.124. The highest BCUT2D eigenvalue weighted by Gasteiger charge is 2.31. The van der Waals surface area contributed by atoms with Crippen molar-refractivity contribution in [1.29, 1.82) is 0 Å². The number of thioether (sulfide) groups is 1. The van der Waals surface area contributed by atoms with Crippen LogP contribution < -0.4 is 15.5 Å². The quantitative estimate of drug-likeness (QED) is 0.0644. The normalized spacial score (nSPS) is 12.5. The van der Waals surface area contributed by atoms with Crippen molar-refractivity contribution >= 4 is 52.0 Å². The van der Waals surface area contributed by atoms with E-state index in [0.717, 1.165) is 8.47 Å². The van der Waals surface area contributed by atoms with Gasteiger partial charge in [0.1, 0.15) is 17.6 Å². The number of para-hydroxylation sites is 1. The van der Waals surface area contributed by atoms with Crippen LogP contribution >= 0.6 is 34.4 Å². The summed E-state index contributed by atoms with van der Waals surface area (Å²) in [7, 11) is 0. The van der Waals surface area contributed by atoms with Gasteiger partial charge in [0.05, 0.1) is 0 Å². The van der Waals surface area contributed by atoms with Crippen molar-refractivity contribution in [2.75, 3.05) is 11.6 Å². The number of benzene rings is 3. The fourth-order valence-corrected chi connectivity index (χ4v) is 4.39. The van der Waals surface area contributed by atoms with Crippen LogP contribution in [-0.2, 0) is 9.53 Å². The molecule has 0 aliphatic rings. The number of anilines is 1. The Kier molecular flexibility index (Phi) is 11.1. The topological polar surface area (TPSA) is 117 Å². The summed E-state index contributed by atoms with van der Waals surface area (Å²) < 4.78 is 13.0. The first-order valence-corrected chi connectivity index (χ1v) is 13.6. The smallest absolute Gasteiger partial charge is 0.412 e. The van der Waals surface area contributed by atoms with E-state index in [1.54, 1.807) is 59.7 Å². The molecule has 0 unspecified atom stereocenters. The van der Waals surface area contributed by atoms with E-state index in [0.29, 0.717) is 29.8 Å². The summed E-state index contributed by atoms with van der Waals surface area (Å²) in [6, 6.07) is 21.4. The molecule has 4 N–H and O–H groups in total. The third kappa shape index (κ3) is 8.99. The van der Waals surface area contributed by atoms with Gasteiger partial charge < -0.3 is 14.6 Å². The SMILES string of the molecule is CSc1ccc(NC(=O)O[C@@H](c2cc(I)ccc2O)[C@H](CC/C=C/C(=O)NO)Oc2ccccc2)cc1. The largest absolute Gasteiger partial charge is 0.508 e. The molecule has 3 aromatic carbocycles. The second kappa shape index (κ2) is 14.5. The van der Waals surface area contributed by atoms with Gasteiger partial charge in [0, 0.05) is 25.8 Å². The number of phenols is 1. The predicted octanol–water partition coefficient (Wildman–Crippen LogP) is 6.30. The van der Waals surface area contributed by atoms with Crippen LogP contribution in [0.5, 0.6) is 11.5 Å². The number of phenolic OH excluding ortho intramolecular Hbond substituents is 1. The number of carbonyl (C=O) groups excluding carboxylic acids is 2. The lowest BCUT2D eigenvalue weighted by Gasteiger charge is -2.28. The van der Waals surface area contributed by atoms with Crippen molar-refractivity contribution in [3.63, 3.8) is 0 Å². The second-order valence-corrected chi connectivity index (χ2v) is 9.93. The van der Waals surface area contributed by atoms with Crippen LogP contribution in [0.3, 0.4) is 0 Å². The van der Waals surface area contributed by atoms with Crippen LogP contribution in [-0.4, -0.2) is 34.7 Å². The molecular weight excluding hydrogens is 607 g/mol. The van der Waals surface area contributed by atoms with Gasteiger partial charge in [-0.2, -0.15) is 0 Å². The first kappa shape index (κ1) is 28.4. The third-order valence-electron chi connectivity index (χ3n) is 5.23. The molecule has 0 aromatic heterocycles. The van der Waals surface area contributed by atoms with Crippen LogP contribution in [0.2, 0.25) is 0 Å². The van der Waals surface area contributed by atoms with Crippen LogP contribution in [0.1, 0.15) is 24.5 Å². The van der Waals surface area contributed by atoms with E-state index < -0.39 is 24.2 Å². The van der Waals surface area contributed by atoms with Gasteiger partial charge in [-0.1, -0.05) is 24.3 Å². The first-order chi connectivity index (χ1) is 17.9. The maximum atomic E-state index is 13.0. The molecule has 3 aromatic rings. The number of rotatable bonds is 11. The molecule has 0 aliphatic carbocycles. The zero-order valence-electron chi connectivity index (χ0n) is 20.0. The molecule has 0 heterocycles. The maximum absolute atomic E-state index is 13.0. The van der Waals surface area contributed by atoms with E-state index in [1.807, 2.05) is 36.6 Å². The van der Waals surface area contributed by atoms with Crippen molar-refractivity contribution in [1.82, 2.24) is 5.48 Å². The van der Waals surface area contributed by atoms with Gasteiger partial charge in [-0.3, -0.25) is 15.3 Å². The summed E-state index contributed by atoms with van der Waals surface area (Å²) in [5.41, 5.74) is 2.49. The highest BCUT2D eigenvalue weighted by molar-refractivity contribution is 14.1. The van der Waals surface area contributed by atoms with Crippen LogP contribution in [0, 0.1) is 3.57 Å². The number of hydrogen-bond acceptors (Lipinski definition) is 7. The standard InChI is InChI=1S/C27H27IN2O6S/c1-37-21-14-12-19(13-15-21)29-27(33)36-26(22-17-18(28)11-16-23(22)31)24(9-5-6-10-25(32)30-34)35-20-7-3-2-4-8-20/h2-4,6-8,10-17,24,26,31,34H,5,9H2,1H3,(H,29,33)(H,30,32)/b10-6+/t24-,26-/m0/s1. The van der Waals surface area contributed by atoms with Crippen LogP contribution in [0.4, 0.5) is 10.5 Å². The molecule has 0 spiro atoms. The molecule has 3 rings (SSSR count). The highest BCUT2D eigenvalue weighted by Crippen LogP contribution is 2.35. The number of hydroxylamine groups is 1. The minimum absolute atomic E-state index is 0.0422. The summed E-state index contributed by atoms with van der Waals surface area (Å²) in [6.07, 6.45) is 3.01. The summed E-state index contributed by atoms with van der Waals surface area (Å²) in [4.78, 5) is 25.4. The zero-order valence-corrected chi connectivity index (χ0v) is 22.9. The number of amides is 2. The van der Waals surface area contributed by atoms with Crippen molar-refractivity contribution in [2.45, 2.75) is 29.9 Å². The summed E-state index contributed by atoms with van der Waals surface area (Å²) in [6.45, 7) is 0. The molecule has 8 nitrogen and oxygen atoms in total. The number of ether oxygens (including phenoxy) is 2. The monoisotopic (exact) mass is 634 g/mol. The lowest BCUT2D eigenvalue weighted by atomic mass is 9.99. The van der Waals surface area contributed by atoms with E-state index in [2.05, 4.69) is 27.9 Å². The Morgan fingerprint density at radius 1 is 1.08 bits per heavy atom. The van der Waals surface area contributed by atoms with Crippen LogP contribution in [0.25, 0.3) is 0 Å². The molecule has 2 atom stereocenters. The van der Waals surface area contributed by atoms with Crippen molar-refractivity contribution in [3.05, 3.63) is 94.1 Å². The van der Waals surface area contributed by atoms with Gasteiger partial charge in [-0.15, -0.1) is 11.8 Å². The zero-order chi connectivity index (χ0) is 26.6. The Hall–Kier alpha value is -3.22. The van der Waals surface area contributed by atoms with Gasteiger partial charge >= 0.3 is 6.09 Å². The number of carbonyl (C=O) groups is 2. The Morgan fingerprint density at radius 3 is 2.49 bits per heavy atom. The molecule has 0 bridgehead atoms. The Balaban J connectivity index is 1.90. The van der Waals surface area contributed by atoms with E-state index in [4.69, 9.17) is 14.7 Å². The second-order valence-electron chi connectivity index (χ2n) is 7.81. The van der Waals surface area contributed by atoms with E-state index in [1.165, 1.54) is 12.1 Å². The Bertz CT molecular complexity index is 1210. The molecule has 0 saturated heterocycles. The molecule has 37 heavy (non-hydrogen) atoms. The van der Waals surface area contributed by atoms with E-state index in [-0.39, 0.29) is 5.75 Å². The van der Waals surface area contributed by atoms with Crippen LogP contribution in [0.15, 0.2) is 89.8 Å². The molecule has 0 aliphatic heterocycles. The van der Waals surface area contributed by atoms with Crippen molar-refractivity contribution < 1.29 is 29.4 Å². The molecule has 194 valence electrons. The summed E-state index contributed by atoms with van der Waals surface area (Å²) >= 11 is 3.71. The average Bonchev–Trinajstić information content (AvgIpc) is 2.91. The molecule has 0 saturated carbocycles. The number of nitrogens with one attached hydrogen (secondary N) is 2.